The van der Waals surface area contributed by atoms with Gasteiger partial charge in [0.2, 0.25) is 0 Å². The van der Waals surface area contributed by atoms with Crippen LogP contribution in [-0.4, -0.2) is 19.9 Å². The van der Waals surface area contributed by atoms with Gasteiger partial charge in [0.15, 0.2) is 11.5 Å². The highest BCUT2D eigenvalue weighted by molar-refractivity contribution is 5.85. The van der Waals surface area contributed by atoms with Crippen molar-refractivity contribution in [2.75, 3.05) is 5.73 Å². The minimum Gasteiger partial charge on any atom is -0.382 e. The van der Waals surface area contributed by atoms with Crippen molar-refractivity contribution in [2.45, 2.75) is 25.2 Å². The normalized spacial score (nSPS) is 17.2. The second-order valence-electron chi connectivity index (χ2n) is 5.21. The average Bonchev–Trinajstić information content (AvgIpc) is 2.95. The second kappa shape index (κ2) is 5.33. The number of anilines is 1. The fourth-order valence-corrected chi connectivity index (χ4v) is 3.05. The molecule has 0 aliphatic heterocycles. The molecule has 2 aromatic heterocycles. The van der Waals surface area contributed by atoms with E-state index in [0.29, 0.717) is 11.5 Å². The summed E-state index contributed by atoms with van der Waals surface area (Å²) >= 11 is 0. The topological polar surface area (TPSA) is 80.5 Å². The number of rotatable bonds is 1. The smallest absolute Gasteiger partial charge is 0.183 e. The van der Waals surface area contributed by atoms with E-state index in [-0.39, 0.29) is 18.3 Å². The van der Waals surface area contributed by atoms with E-state index in [9.17, 15) is 0 Å². The van der Waals surface area contributed by atoms with Crippen molar-refractivity contribution in [1.82, 2.24) is 19.9 Å². The summed E-state index contributed by atoms with van der Waals surface area (Å²) in [6.45, 7) is 0. The zero-order valence-corrected chi connectivity index (χ0v) is 12.2. The molecular formula is C15H16ClN5. The standard InChI is InChI=1S/C15H15N5.ClH/c16-13-12-15(18-8-17-12)20-14(19-13)11-7-3-5-9-4-1-2-6-10(9)11;/h1-2,4,6,8,11H,3,5,7H2,(H3,16,17,18,19,20);1H. The lowest BCUT2D eigenvalue weighted by atomic mass is 9.82. The molecule has 1 atom stereocenters. The number of aromatic amines is 1. The van der Waals surface area contributed by atoms with E-state index in [2.05, 4.69) is 44.2 Å². The number of aryl methyl sites for hydroxylation is 1. The number of hydrogen-bond acceptors (Lipinski definition) is 4. The van der Waals surface area contributed by atoms with E-state index in [4.69, 9.17) is 5.73 Å². The first-order chi connectivity index (χ1) is 9.83. The van der Waals surface area contributed by atoms with Crippen LogP contribution in [-0.2, 0) is 6.42 Å². The molecular weight excluding hydrogens is 286 g/mol. The van der Waals surface area contributed by atoms with Crippen molar-refractivity contribution in [3.05, 3.63) is 47.5 Å². The van der Waals surface area contributed by atoms with Gasteiger partial charge in [-0.05, 0) is 30.4 Å². The van der Waals surface area contributed by atoms with Gasteiger partial charge in [-0.3, -0.25) is 0 Å². The van der Waals surface area contributed by atoms with Crippen LogP contribution in [0.15, 0.2) is 30.6 Å². The van der Waals surface area contributed by atoms with Crippen LogP contribution in [0.5, 0.6) is 0 Å². The molecule has 21 heavy (non-hydrogen) atoms. The van der Waals surface area contributed by atoms with Gasteiger partial charge in [-0.2, -0.15) is 0 Å². The maximum atomic E-state index is 6.01. The molecule has 108 valence electrons. The Kier molecular flexibility index (Phi) is 3.51. The van der Waals surface area contributed by atoms with Gasteiger partial charge in [0.05, 0.1) is 6.33 Å². The average molecular weight is 302 g/mol. The van der Waals surface area contributed by atoms with Crippen LogP contribution < -0.4 is 5.73 Å². The van der Waals surface area contributed by atoms with Crippen LogP contribution >= 0.6 is 12.4 Å². The Hall–Kier alpha value is -2.14. The Morgan fingerprint density at radius 1 is 1.19 bits per heavy atom. The monoisotopic (exact) mass is 301 g/mol. The molecule has 0 radical (unpaired) electrons. The van der Waals surface area contributed by atoms with Crippen LogP contribution in [0.3, 0.4) is 0 Å². The third kappa shape index (κ3) is 2.23. The van der Waals surface area contributed by atoms with E-state index in [1.54, 1.807) is 6.33 Å². The maximum absolute atomic E-state index is 6.01. The molecule has 0 amide bonds. The number of H-pyrrole nitrogens is 1. The number of nitrogen functional groups attached to an aromatic ring is 1. The lowest BCUT2D eigenvalue weighted by Crippen LogP contribution is -2.14. The highest BCUT2D eigenvalue weighted by Gasteiger charge is 2.24. The zero-order valence-electron chi connectivity index (χ0n) is 11.4. The quantitative estimate of drug-likeness (QED) is 0.724. The van der Waals surface area contributed by atoms with Gasteiger partial charge in [-0.1, -0.05) is 24.3 Å². The number of nitrogens with two attached hydrogens (primary N) is 1. The van der Waals surface area contributed by atoms with Crippen molar-refractivity contribution in [1.29, 1.82) is 0 Å². The van der Waals surface area contributed by atoms with Crippen molar-refractivity contribution in [3.8, 4) is 0 Å². The summed E-state index contributed by atoms with van der Waals surface area (Å²) in [6.07, 6.45) is 4.96. The van der Waals surface area contributed by atoms with Gasteiger partial charge >= 0.3 is 0 Å². The number of imidazole rings is 1. The van der Waals surface area contributed by atoms with Crippen LogP contribution in [0, 0.1) is 0 Å². The molecule has 5 nitrogen and oxygen atoms in total. The fraction of sp³-hybridized carbons (Fsp3) is 0.267. The molecule has 0 spiro atoms. The van der Waals surface area contributed by atoms with Gasteiger partial charge in [-0.15, -0.1) is 12.4 Å². The van der Waals surface area contributed by atoms with Gasteiger partial charge < -0.3 is 10.7 Å². The molecule has 3 N–H and O–H groups in total. The first-order valence-electron chi connectivity index (χ1n) is 6.87. The first kappa shape index (κ1) is 13.8. The number of aromatic nitrogens is 4. The van der Waals surface area contributed by atoms with Gasteiger partial charge in [0.25, 0.3) is 0 Å². The van der Waals surface area contributed by atoms with Crippen LogP contribution in [0.25, 0.3) is 11.2 Å². The molecule has 0 bridgehead atoms. The Balaban J connectivity index is 0.00000132. The van der Waals surface area contributed by atoms with E-state index in [0.717, 1.165) is 30.6 Å². The Bertz CT molecular complexity index is 783. The van der Waals surface area contributed by atoms with Gasteiger partial charge in [0, 0.05) is 5.92 Å². The Labute approximate surface area is 128 Å². The number of fused-ring (bicyclic) bond motifs is 2. The minimum absolute atomic E-state index is 0. The van der Waals surface area contributed by atoms with Crippen LogP contribution in [0.1, 0.15) is 35.7 Å². The second-order valence-corrected chi connectivity index (χ2v) is 5.21. The summed E-state index contributed by atoms with van der Waals surface area (Å²) in [4.78, 5) is 16.3. The molecule has 1 aromatic carbocycles. The van der Waals surface area contributed by atoms with E-state index in [1.807, 2.05) is 0 Å². The predicted octanol–water partition coefficient (Wildman–Crippen LogP) is 2.83. The third-order valence-corrected chi connectivity index (χ3v) is 4.01. The molecule has 0 saturated carbocycles. The number of halogens is 1. The molecule has 2 heterocycles. The van der Waals surface area contributed by atoms with Gasteiger partial charge in [0.1, 0.15) is 11.3 Å². The Morgan fingerprint density at radius 2 is 2.05 bits per heavy atom. The predicted molar refractivity (Wildman–Crippen MR) is 84.6 cm³/mol. The molecule has 3 aromatic rings. The number of nitrogens with zero attached hydrogens (tertiary/aromatic N) is 3. The summed E-state index contributed by atoms with van der Waals surface area (Å²) in [7, 11) is 0. The third-order valence-electron chi connectivity index (χ3n) is 4.01. The van der Waals surface area contributed by atoms with Crippen molar-refractivity contribution < 1.29 is 0 Å². The molecule has 1 aliphatic rings. The minimum atomic E-state index is 0. The lowest BCUT2D eigenvalue weighted by molar-refractivity contribution is 0.592. The SMILES string of the molecule is Cl.Nc1nc(C2CCCc3ccccc32)nc2nc[nH]c12. The molecule has 1 aliphatic carbocycles. The Morgan fingerprint density at radius 3 is 2.95 bits per heavy atom. The van der Waals surface area contributed by atoms with Crippen LogP contribution in [0.2, 0.25) is 0 Å². The number of nitrogens with one attached hydrogen (secondary N) is 1. The largest absolute Gasteiger partial charge is 0.382 e. The highest BCUT2D eigenvalue weighted by Crippen LogP contribution is 2.35. The van der Waals surface area contributed by atoms with Crippen molar-refractivity contribution >= 4 is 29.4 Å². The summed E-state index contributed by atoms with van der Waals surface area (Å²) in [5, 5.41) is 0. The first-order valence-corrected chi connectivity index (χ1v) is 6.87. The summed E-state index contributed by atoms with van der Waals surface area (Å²) < 4.78 is 0. The van der Waals surface area contributed by atoms with Crippen molar-refractivity contribution in [3.63, 3.8) is 0 Å². The maximum Gasteiger partial charge on any atom is 0.183 e. The molecule has 6 heteroatoms. The summed E-state index contributed by atoms with van der Waals surface area (Å²) in [6, 6.07) is 8.53. The summed E-state index contributed by atoms with van der Waals surface area (Å²) in [5.41, 5.74) is 10.1. The highest BCUT2D eigenvalue weighted by atomic mass is 35.5. The van der Waals surface area contributed by atoms with E-state index < -0.39 is 0 Å². The van der Waals surface area contributed by atoms with Gasteiger partial charge in [-0.25, -0.2) is 15.0 Å². The zero-order chi connectivity index (χ0) is 13.5. The van der Waals surface area contributed by atoms with Crippen molar-refractivity contribution in [2.24, 2.45) is 0 Å². The molecule has 0 fully saturated rings. The van der Waals surface area contributed by atoms with Crippen LogP contribution in [0.4, 0.5) is 5.82 Å². The fourth-order valence-electron chi connectivity index (χ4n) is 3.05. The van der Waals surface area contributed by atoms with E-state index >= 15 is 0 Å². The molecule has 1 unspecified atom stereocenters. The lowest BCUT2D eigenvalue weighted by Gasteiger charge is -2.24. The number of benzene rings is 1. The molecule has 0 saturated heterocycles. The summed E-state index contributed by atoms with van der Waals surface area (Å²) in [5.74, 6) is 1.49. The number of hydrogen-bond donors (Lipinski definition) is 2. The van der Waals surface area contributed by atoms with E-state index in [1.165, 1.54) is 11.1 Å². The molecule has 4 rings (SSSR count).